The number of hydrazine groups is 1. The largest absolute Gasteiger partial charge is 0.290 e. The minimum Gasteiger partial charge on any atom is -0.273 e. The second kappa shape index (κ2) is 7.92. The van der Waals surface area contributed by atoms with Crippen LogP contribution < -0.4 is 16.4 Å². The zero-order valence-electron chi connectivity index (χ0n) is 14.2. The van der Waals surface area contributed by atoms with Gasteiger partial charge in [-0.2, -0.15) is 5.10 Å². The fourth-order valence-corrected chi connectivity index (χ4v) is 3.27. The average molecular weight is 370 g/mol. The molecule has 0 fully saturated rings. The first kappa shape index (κ1) is 17.8. The Bertz CT molecular complexity index is 995. The Hall–Kier alpha value is -3.00. The summed E-state index contributed by atoms with van der Waals surface area (Å²) in [6, 6.07) is 10.5. The third-order valence-electron chi connectivity index (χ3n) is 3.75. The van der Waals surface area contributed by atoms with Gasteiger partial charge in [-0.05, 0) is 23.9 Å². The SMILES string of the molecule is CCCn1nc(C(=O)NNC(=O)Cc2cccs2)c2ccccc2c1=O. The lowest BCUT2D eigenvalue weighted by Gasteiger charge is -2.11. The summed E-state index contributed by atoms with van der Waals surface area (Å²) in [7, 11) is 0. The smallest absolute Gasteiger partial charge is 0.273 e. The molecule has 0 spiro atoms. The molecule has 8 heteroatoms. The third-order valence-corrected chi connectivity index (χ3v) is 4.62. The van der Waals surface area contributed by atoms with E-state index in [9.17, 15) is 14.4 Å². The lowest BCUT2D eigenvalue weighted by molar-refractivity contribution is -0.121. The molecule has 0 aliphatic heterocycles. The summed E-state index contributed by atoms with van der Waals surface area (Å²) in [6.07, 6.45) is 0.894. The Morgan fingerprint density at radius 3 is 2.58 bits per heavy atom. The highest BCUT2D eigenvalue weighted by Crippen LogP contribution is 2.13. The van der Waals surface area contributed by atoms with E-state index in [0.717, 1.165) is 4.88 Å². The predicted octanol–water partition coefficient (Wildman–Crippen LogP) is 1.87. The van der Waals surface area contributed by atoms with E-state index in [2.05, 4.69) is 16.0 Å². The van der Waals surface area contributed by atoms with Gasteiger partial charge >= 0.3 is 0 Å². The number of carbonyl (C=O) groups is 2. The minimum absolute atomic E-state index is 0.102. The minimum atomic E-state index is -0.564. The standard InChI is InChI=1S/C18H18N4O3S/c1-2-9-22-18(25)14-8-4-3-7-13(14)16(21-22)17(24)20-19-15(23)11-12-6-5-10-26-12/h3-8,10H,2,9,11H2,1H3,(H,19,23)(H,20,24). The van der Waals surface area contributed by atoms with E-state index in [4.69, 9.17) is 0 Å². The van der Waals surface area contributed by atoms with E-state index in [1.54, 1.807) is 24.3 Å². The van der Waals surface area contributed by atoms with Crippen molar-refractivity contribution in [1.82, 2.24) is 20.6 Å². The van der Waals surface area contributed by atoms with Gasteiger partial charge in [0.25, 0.3) is 11.5 Å². The summed E-state index contributed by atoms with van der Waals surface area (Å²) < 4.78 is 1.28. The number of benzene rings is 1. The Morgan fingerprint density at radius 2 is 1.88 bits per heavy atom. The van der Waals surface area contributed by atoms with Crippen LogP contribution in [0.15, 0.2) is 46.6 Å². The number of hydrogen-bond acceptors (Lipinski definition) is 5. The van der Waals surface area contributed by atoms with Gasteiger partial charge in [0.05, 0.1) is 11.8 Å². The molecule has 2 N–H and O–H groups in total. The summed E-state index contributed by atoms with van der Waals surface area (Å²) in [5.74, 6) is -0.891. The molecule has 0 saturated heterocycles. The third kappa shape index (κ3) is 3.80. The van der Waals surface area contributed by atoms with E-state index in [0.29, 0.717) is 23.7 Å². The quantitative estimate of drug-likeness (QED) is 0.671. The van der Waals surface area contributed by atoms with Gasteiger partial charge in [0.15, 0.2) is 5.69 Å². The van der Waals surface area contributed by atoms with Crippen LogP contribution in [-0.4, -0.2) is 21.6 Å². The molecule has 2 aromatic heterocycles. The average Bonchev–Trinajstić information content (AvgIpc) is 3.15. The zero-order valence-corrected chi connectivity index (χ0v) is 15.0. The van der Waals surface area contributed by atoms with Crippen LogP contribution >= 0.6 is 11.3 Å². The molecule has 3 aromatic rings. The first-order valence-corrected chi connectivity index (χ1v) is 9.09. The molecule has 0 radical (unpaired) electrons. The van der Waals surface area contributed by atoms with Crippen LogP contribution in [0, 0.1) is 0 Å². The van der Waals surface area contributed by atoms with Crippen molar-refractivity contribution >= 4 is 33.9 Å². The number of amides is 2. The molecule has 0 aliphatic rings. The van der Waals surface area contributed by atoms with Gasteiger partial charge in [0, 0.05) is 16.8 Å². The van der Waals surface area contributed by atoms with Gasteiger partial charge in [-0.15, -0.1) is 11.3 Å². The molecular formula is C18H18N4O3S. The van der Waals surface area contributed by atoms with Crippen molar-refractivity contribution in [3.63, 3.8) is 0 Å². The maximum absolute atomic E-state index is 12.5. The molecule has 3 rings (SSSR count). The monoisotopic (exact) mass is 370 g/mol. The van der Waals surface area contributed by atoms with Crippen LogP contribution in [-0.2, 0) is 17.8 Å². The fourth-order valence-electron chi connectivity index (χ4n) is 2.57. The van der Waals surface area contributed by atoms with Crippen molar-refractivity contribution in [2.24, 2.45) is 0 Å². The molecule has 1 aromatic carbocycles. The highest BCUT2D eigenvalue weighted by Gasteiger charge is 2.17. The lowest BCUT2D eigenvalue weighted by atomic mass is 10.1. The zero-order chi connectivity index (χ0) is 18.5. The number of fused-ring (bicyclic) bond motifs is 1. The van der Waals surface area contributed by atoms with Crippen molar-refractivity contribution in [1.29, 1.82) is 0 Å². The molecule has 2 heterocycles. The summed E-state index contributed by atoms with van der Waals surface area (Å²) in [6.45, 7) is 2.34. The second-order valence-corrected chi connectivity index (χ2v) is 6.71. The topological polar surface area (TPSA) is 93.1 Å². The first-order chi connectivity index (χ1) is 12.6. The van der Waals surface area contributed by atoms with Crippen LogP contribution in [0.5, 0.6) is 0 Å². The van der Waals surface area contributed by atoms with Gasteiger partial charge in [-0.25, -0.2) is 4.68 Å². The van der Waals surface area contributed by atoms with Crippen molar-refractivity contribution in [3.8, 4) is 0 Å². The second-order valence-electron chi connectivity index (χ2n) is 5.68. The number of rotatable bonds is 5. The van der Waals surface area contributed by atoms with Gasteiger partial charge in [-0.1, -0.05) is 31.2 Å². The Kier molecular flexibility index (Phi) is 5.43. The number of aromatic nitrogens is 2. The molecule has 0 atom stereocenters. The van der Waals surface area contributed by atoms with Crippen LogP contribution in [0.2, 0.25) is 0 Å². The summed E-state index contributed by atoms with van der Waals surface area (Å²) >= 11 is 1.47. The van der Waals surface area contributed by atoms with Crippen LogP contribution in [0.3, 0.4) is 0 Å². The number of nitrogens with one attached hydrogen (secondary N) is 2. The van der Waals surface area contributed by atoms with Crippen molar-refractivity contribution in [2.45, 2.75) is 26.3 Å². The number of nitrogens with zero attached hydrogens (tertiary/aromatic N) is 2. The number of aryl methyl sites for hydroxylation is 1. The molecule has 26 heavy (non-hydrogen) atoms. The maximum atomic E-state index is 12.5. The summed E-state index contributed by atoms with van der Waals surface area (Å²) in [5, 5.41) is 6.95. The Balaban J connectivity index is 1.82. The molecule has 0 unspecified atom stereocenters. The van der Waals surface area contributed by atoms with Gasteiger partial charge < -0.3 is 0 Å². The van der Waals surface area contributed by atoms with E-state index in [1.807, 2.05) is 24.4 Å². The lowest BCUT2D eigenvalue weighted by Crippen LogP contribution is -2.43. The predicted molar refractivity (Wildman–Crippen MR) is 99.9 cm³/mol. The van der Waals surface area contributed by atoms with Crippen molar-refractivity contribution < 1.29 is 9.59 Å². The Morgan fingerprint density at radius 1 is 1.12 bits per heavy atom. The molecule has 2 amide bonds. The first-order valence-electron chi connectivity index (χ1n) is 8.21. The van der Waals surface area contributed by atoms with Gasteiger partial charge in [0.2, 0.25) is 5.91 Å². The van der Waals surface area contributed by atoms with E-state index in [1.165, 1.54) is 16.0 Å². The van der Waals surface area contributed by atoms with Gasteiger partial charge in [-0.3, -0.25) is 25.2 Å². The van der Waals surface area contributed by atoms with E-state index in [-0.39, 0.29) is 23.6 Å². The molecule has 0 aliphatic carbocycles. The van der Waals surface area contributed by atoms with E-state index >= 15 is 0 Å². The molecule has 0 bridgehead atoms. The maximum Gasteiger partial charge on any atom is 0.290 e. The summed E-state index contributed by atoms with van der Waals surface area (Å²) in [4.78, 5) is 37.8. The number of hydrogen-bond donors (Lipinski definition) is 2. The normalized spacial score (nSPS) is 10.7. The Labute approximate surface area is 153 Å². The molecule has 134 valence electrons. The van der Waals surface area contributed by atoms with Crippen molar-refractivity contribution in [3.05, 3.63) is 62.7 Å². The van der Waals surface area contributed by atoms with Crippen LogP contribution in [0.4, 0.5) is 0 Å². The van der Waals surface area contributed by atoms with E-state index < -0.39 is 5.91 Å². The van der Waals surface area contributed by atoms with Crippen molar-refractivity contribution in [2.75, 3.05) is 0 Å². The highest BCUT2D eigenvalue weighted by atomic mass is 32.1. The summed E-state index contributed by atoms with van der Waals surface area (Å²) in [5.41, 5.74) is 4.64. The van der Waals surface area contributed by atoms with Crippen LogP contribution in [0.25, 0.3) is 10.8 Å². The highest BCUT2D eigenvalue weighted by molar-refractivity contribution is 7.10. The molecule has 7 nitrogen and oxygen atoms in total. The molecule has 0 saturated carbocycles. The fraction of sp³-hybridized carbons (Fsp3) is 0.222. The number of thiophene rings is 1. The van der Waals surface area contributed by atoms with Gasteiger partial charge in [0.1, 0.15) is 0 Å². The number of carbonyl (C=O) groups excluding carboxylic acids is 2. The van der Waals surface area contributed by atoms with Crippen LogP contribution in [0.1, 0.15) is 28.7 Å². The molecular weight excluding hydrogens is 352 g/mol.